The predicted molar refractivity (Wildman–Crippen MR) is 101 cm³/mol. The van der Waals surface area contributed by atoms with Crippen LogP contribution in [0.1, 0.15) is 29.0 Å². The van der Waals surface area contributed by atoms with Gasteiger partial charge in [0.05, 0.1) is 11.1 Å². The van der Waals surface area contributed by atoms with Crippen molar-refractivity contribution in [3.05, 3.63) is 28.0 Å². The molecule has 2 heterocycles. The molecule has 3 N–H and O–H groups in total. The van der Waals surface area contributed by atoms with E-state index >= 15 is 0 Å². The van der Waals surface area contributed by atoms with Crippen LogP contribution in [-0.2, 0) is 20.9 Å². The van der Waals surface area contributed by atoms with Gasteiger partial charge in [-0.15, -0.1) is 12.4 Å². The van der Waals surface area contributed by atoms with E-state index < -0.39 is 23.8 Å². The van der Waals surface area contributed by atoms with Crippen LogP contribution in [0, 0.1) is 6.92 Å². The Morgan fingerprint density at radius 1 is 1.41 bits per heavy atom. The van der Waals surface area contributed by atoms with Gasteiger partial charge in [0.1, 0.15) is 23.9 Å². The fourth-order valence-electron chi connectivity index (χ4n) is 2.88. The fourth-order valence-corrected chi connectivity index (χ4v) is 3.33. The maximum Gasteiger partial charge on any atom is 0.323 e. The summed E-state index contributed by atoms with van der Waals surface area (Å²) < 4.78 is 2.07. The van der Waals surface area contributed by atoms with Gasteiger partial charge < -0.3 is 15.0 Å². The summed E-state index contributed by atoms with van der Waals surface area (Å²) in [5, 5.41) is 13.9. The van der Waals surface area contributed by atoms with E-state index in [4.69, 9.17) is 5.11 Å². The summed E-state index contributed by atoms with van der Waals surface area (Å²) >= 11 is 3.31. The molecular weight excluding hydrogens is 444 g/mol. The maximum atomic E-state index is 12.7. The summed E-state index contributed by atoms with van der Waals surface area (Å²) in [5.74, 6) is -2.01. The highest BCUT2D eigenvalue weighted by Gasteiger charge is 2.29. The van der Waals surface area contributed by atoms with Crippen LogP contribution in [0.5, 0.6) is 0 Å². The number of imide groups is 1. The molecule has 1 aliphatic rings. The highest BCUT2D eigenvalue weighted by atomic mass is 79.9. The number of nitrogens with zero attached hydrogens (tertiary/aromatic N) is 2. The molecule has 1 aromatic heterocycles. The molecule has 1 atom stereocenters. The number of halogens is 2. The second kappa shape index (κ2) is 8.05. The second-order valence-corrected chi connectivity index (χ2v) is 6.85. The molecule has 1 fully saturated rings. The van der Waals surface area contributed by atoms with Crippen molar-refractivity contribution in [3.8, 4) is 0 Å². The minimum absolute atomic E-state index is 0. The number of benzene rings is 1. The van der Waals surface area contributed by atoms with Crippen LogP contribution in [0.15, 0.2) is 16.6 Å². The van der Waals surface area contributed by atoms with E-state index in [9.17, 15) is 19.2 Å². The summed E-state index contributed by atoms with van der Waals surface area (Å²) in [7, 11) is 0. The van der Waals surface area contributed by atoms with E-state index in [0.717, 1.165) is 0 Å². The molecule has 0 spiro atoms. The topological polar surface area (TPSA) is 130 Å². The Morgan fingerprint density at radius 2 is 2.11 bits per heavy atom. The maximum absolute atomic E-state index is 12.7. The average Bonchev–Trinajstić information content (AvgIpc) is 2.85. The molecule has 144 valence electrons. The van der Waals surface area contributed by atoms with Crippen LogP contribution < -0.4 is 10.6 Å². The van der Waals surface area contributed by atoms with E-state index in [1.165, 1.54) is 4.57 Å². The number of aromatic nitrogens is 2. The Hall–Kier alpha value is -2.46. The lowest BCUT2D eigenvalue weighted by molar-refractivity contribution is -0.138. The first-order valence-corrected chi connectivity index (χ1v) is 8.58. The van der Waals surface area contributed by atoms with Crippen molar-refractivity contribution in [1.82, 2.24) is 20.2 Å². The zero-order chi connectivity index (χ0) is 19.0. The molecule has 27 heavy (non-hydrogen) atoms. The number of carbonyl (C=O) groups is 4. The van der Waals surface area contributed by atoms with Crippen LogP contribution in [0.2, 0.25) is 0 Å². The van der Waals surface area contributed by atoms with Crippen molar-refractivity contribution < 1.29 is 24.3 Å². The first-order valence-electron chi connectivity index (χ1n) is 7.79. The van der Waals surface area contributed by atoms with E-state index in [1.807, 2.05) is 0 Å². The third-order valence-corrected chi connectivity index (χ3v) is 4.55. The number of hydrogen-bond acceptors (Lipinski definition) is 5. The monoisotopic (exact) mass is 458 g/mol. The third-order valence-electron chi connectivity index (χ3n) is 4.09. The first-order chi connectivity index (χ1) is 12.3. The number of piperidine rings is 1. The Kier molecular flexibility index (Phi) is 6.22. The van der Waals surface area contributed by atoms with E-state index in [-0.39, 0.29) is 43.3 Å². The van der Waals surface area contributed by atoms with Gasteiger partial charge in [-0.05, 0) is 25.5 Å². The molecule has 0 saturated carbocycles. The summed E-state index contributed by atoms with van der Waals surface area (Å²) in [5.41, 5.74) is 1.05. The fraction of sp³-hybridized carbons (Fsp3) is 0.312. The molecule has 0 bridgehead atoms. The summed E-state index contributed by atoms with van der Waals surface area (Å²) in [6.45, 7) is 1.37. The summed E-state index contributed by atoms with van der Waals surface area (Å²) in [6.07, 6.45) is 0.372. The first kappa shape index (κ1) is 20.8. The minimum atomic E-state index is -1.03. The van der Waals surface area contributed by atoms with E-state index in [2.05, 4.69) is 31.5 Å². The van der Waals surface area contributed by atoms with E-state index in [0.29, 0.717) is 21.3 Å². The summed E-state index contributed by atoms with van der Waals surface area (Å²) in [6, 6.07) is 2.43. The third kappa shape index (κ3) is 4.28. The molecule has 2 aromatic rings. The lowest BCUT2D eigenvalue weighted by Crippen LogP contribution is -2.52. The molecule has 11 heteroatoms. The molecule has 1 aliphatic heterocycles. The Morgan fingerprint density at radius 3 is 2.74 bits per heavy atom. The standard InChI is InChI=1S/C16H15BrN4O5.ClH/c1-7-18-14-9(4-8(17)5-11(14)21(7)6-13(23)24)15(25)19-10-2-3-12(22)20-16(10)26;/h4-5,10H,2-3,6H2,1H3,(H,19,25)(H,23,24)(H,20,22,26);1H. The molecular formula is C16H16BrClN4O5. The molecule has 3 rings (SSSR count). The summed E-state index contributed by atoms with van der Waals surface area (Å²) in [4.78, 5) is 51.1. The van der Waals surface area contributed by atoms with Crippen LogP contribution in [-0.4, -0.2) is 44.4 Å². The number of hydrogen-bond donors (Lipinski definition) is 3. The van der Waals surface area contributed by atoms with Gasteiger partial charge in [0, 0.05) is 10.9 Å². The number of aryl methyl sites for hydroxylation is 1. The van der Waals surface area contributed by atoms with Crippen molar-refractivity contribution in [2.24, 2.45) is 0 Å². The van der Waals surface area contributed by atoms with Gasteiger partial charge in [0.2, 0.25) is 11.8 Å². The van der Waals surface area contributed by atoms with Gasteiger partial charge in [0.15, 0.2) is 0 Å². The lowest BCUT2D eigenvalue weighted by atomic mass is 10.1. The van der Waals surface area contributed by atoms with Crippen molar-refractivity contribution >= 4 is 63.1 Å². The number of nitrogens with one attached hydrogen (secondary N) is 2. The lowest BCUT2D eigenvalue weighted by Gasteiger charge is -2.21. The molecule has 1 aromatic carbocycles. The number of imidazole rings is 1. The van der Waals surface area contributed by atoms with Gasteiger partial charge in [-0.2, -0.15) is 0 Å². The Balaban J connectivity index is 0.00000261. The zero-order valence-electron chi connectivity index (χ0n) is 14.1. The minimum Gasteiger partial charge on any atom is -0.480 e. The quantitative estimate of drug-likeness (QED) is 0.588. The van der Waals surface area contributed by atoms with Gasteiger partial charge >= 0.3 is 5.97 Å². The van der Waals surface area contributed by atoms with Crippen LogP contribution in [0.4, 0.5) is 0 Å². The molecule has 9 nitrogen and oxygen atoms in total. The van der Waals surface area contributed by atoms with Crippen molar-refractivity contribution in [3.63, 3.8) is 0 Å². The normalized spacial score (nSPS) is 16.6. The molecule has 3 amide bonds. The highest BCUT2D eigenvalue weighted by Crippen LogP contribution is 2.25. The smallest absolute Gasteiger partial charge is 0.323 e. The van der Waals surface area contributed by atoms with Gasteiger partial charge in [0.25, 0.3) is 5.91 Å². The van der Waals surface area contributed by atoms with Crippen LogP contribution in [0.3, 0.4) is 0 Å². The molecule has 0 aliphatic carbocycles. The van der Waals surface area contributed by atoms with Gasteiger partial charge in [-0.3, -0.25) is 24.5 Å². The largest absolute Gasteiger partial charge is 0.480 e. The zero-order valence-corrected chi connectivity index (χ0v) is 16.5. The number of aliphatic carboxylic acids is 1. The number of carboxylic acid groups (broad SMARTS) is 1. The second-order valence-electron chi connectivity index (χ2n) is 5.94. The van der Waals surface area contributed by atoms with Crippen LogP contribution in [0.25, 0.3) is 11.0 Å². The van der Waals surface area contributed by atoms with Crippen LogP contribution >= 0.6 is 28.3 Å². The van der Waals surface area contributed by atoms with Crippen molar-refractivity contribution in [2.45, 2.75) is 32.4 Å². The van der Waals surface area contributed by atoms with Crippen molar-refractivity contribution in [1.29, 1.82) is 0 Å². The van der Waals surface area contributed by atoms with E-state index in [1.54, 1.807) is 19.1 Å². The highest BCUT2D eigenvalue weighted by molar-refractivity contribution is 9.10. The predicted octanol–water partition coefficient (Wildman–Crippen LogP) is 1.15. The number of carboxylic acids is 1. The van der Waals surface area contributed by atoms with Gasteiger partial charge in [-0.1, -0.05) is 15.9 Å². The Bertz CT molecular complexity index is 958. The number of rotatable bonds is 4. The number of amides is 3. The SMILES string of the molecule is Cc1nc2c(C(=O)NC3CCC(=O)NC3=O)cc(Br)cc2n1CC(=O)O.Cl. The molecule has 1 unspecified atom stereocenters. The molecule has 1 saturated heterocycles. The number of fused-ring (bicyclic) bond motifs is 1. The molecule has 0 radical (unpaired) electrons. The van der Waals surface area contributed by atoms with Crippen molar-refractivity contribution in [2.75, 3.05) is 0 Å². The number of carbonyl (C=O) groups excluding carboxylic acids is 3. The average molecular weight is 460 g/mol. The van der Waals surface area contributed by atoms with Gasteiger partial charge in [-0.25, -0.2) is 4.98 Å². The Labute approximate surface area is 168 Å².